The molecule has 0 aliphatic rings. The first-order valence-electron chi connectivity index (χ1n) is 4.71. The topological polar surface area (TPSA) is 12.5 Å². The quantitative estimate of drug-likeness (QED) is 0.642. The van der Waals surface area contributed by atoms with E-state index in [1.807, 2.05) is 25.1 Å². The summed E-state index contributed by atoms with van der Waals surface area (Å²) in [4.78, 5) is 5.30. The highest BCUT2D eigenvalue weighted by Gasteiger charge is 1.97. The Hall–Kier alpha value is -0.860. The molecule has 0 heterocycles. The lowest BCUT2D eigenvalue weighted by molar-refractivity contribution is -0.133. The van der Waals surface area contributed by atoms with Crippen molar-refractivity contribution < 1.29 is 4.84 Å². The average Bonchev–Trinajstić information content (AvgIpc) is 2.17. The van der Waals surface area contributed by atoms with E-state index in [1.165, 1.54) is 5.56 Å². The fraction of sp³-hybridized carbons (Fsp3) is 0.455. The molecule has 0 amide bonds. The minimum atomic E-state index is 0.741. The first-order valence-corrected chi connectivity index (χ1v) is 4.71. The summed E-state index contributed by atoms with van der Waals surface area (Å²) in [7, 11) is 1.96. The normalized spacial score (nSPS) is 10.7. The van der Waals surface area contributed by atoms with Crippen LogP contribution in [0.4, 0.5) is 0 Å². The fourth-order valence-corrected chi connectivity index (χ4v) is 1.22. The lowest BCUT2D eigenvalue weighted by atomic mass is 10.1. The SMILES string of the molecule is CCON(C)CCc1ccccc1. The number of hydrogen-bond acceptors (Lipinski definition) is 2. The van der Waals surface area contributed by atoms with Crippen LogP contribution in [-0.2, 0) is 11.3 Å². The molecule has 0 unspecified atom stereocenters. The molecule has 0 fully saturated rings. The Labute approximate surface area is 80.1 Å². The van der Waals surface area contributed by atoms with Gasteiger partial charge in [0.15, 0.2) is 0 Å². The van der Waals surface area contributed by atoms with Crippen molar-refractivity contribution in [3.8, 4) is 0 Å². The van der Waals surface area contributed by atoms with Gasteiger partial charge in [0.2, 0.25) is 0 Å². The summed E-state index contributed by atoms with van der Waals surface area (Å²) in [5.41, 5.74) is 1.36. The molecule has 1 rings (SSSR count). The lowest BCUT2D eigenvalue weighted by Gasteiger charge is -2.14. The number of hydrogen-bond donors (Lipinski definition) is 0. The second kappa shape index (κ2) is 5.73. The molecule has 0 saturated carbocycles. The van der Waals surface area contributed by atoms with E-state index in [0.29, 0.717) is 0 Å². The molecule has 72 valence electrons. The summed E-state index contributed by atoms with van der Waals surface area (Å²) in [5.74, 6) is 0. The summed E-state index contributed by atoms with van der Waals surface area (Å²) in [5, 5.41) is 1.88. The van der Waals surface area contributed by atoms with Crippen LogP contribution in [0.15, 0.2) is 30.3 Å². The number of hydroxylamine groups is 2. The maximum Gasteiger partial charge on any atom is 0.0656 e. The van der Waals surface area contributed by atoms with Gasteiger partial charge < -0.3 is 0 Å². The second-order valence-electron chi connectivity index (χ2n) is 3.00. The molecule has 1 aromatic carbocycles. The van der Waals surface area contributed by atoms with Crippen LogP contribution in [0.5, 0.6) is 0 Å². The van der Waals surface area contributed by atoms with Crippen molar-refractivity contribution in [1.29, 1.82) is 0 Å². The Morgan fingerprint density at radius 1 is 1.23 bits per heavy atom. The van der Waals surface area contributed by atoms with Crippen molar-refractivity contribution in [3.63, 3.8) is 0 Å². The van der Waals surface area contributed by atoms with Crippen LogP contribution in [-0.4, -0.2) is 25.3 Å². The molecule has 2 nitrogen and oxygen atoms in total. The van der Waals surface area contributed by atoms with Gasteiger partial charge in [-0.15, -0.1) is 0 Å². The van der Waals surface area contributed by atoms with Gasteiger partial charge in [0.05, 0.1) is 6.61 Å². The second-order valence-corrected chi connectivity index (χ2v) is 3.00. The minimum absolute atomic E-state index is 0.741. The Morgan fingerprint density at radius 2 is 1.92 bits per heavy atom. The van der Waals surface area contributed by atoms with Gasteiger partial charge >= 0.3 is 0 Å². The van der Waals surface area contributed by atoms with E-state index in [4.69, 9.17) is 4.84 Å². The van der Waals surface area contributed by atoms with Gasteiger partial charge in [-0.1, -0.05) is 30.3 Å². The molecule has 0 aliphatic carbocycles. The third-order valence-corrected chi connectivity index (χ3v) is 1.91. The van der Waals surface area contributed by atoms with E-state index >= 15 is 0 Å². The van der Waals surface area contributed by atoms with Gasteiger partial charge in [0, 0.05) is 13.6 Å². The molecule has 1 aromatic rings. The zero-order valence-electron chi connectivity index (χ0n) is 8.36. The first kappa shape index (κ1) is 10.2. The third-order valence-electron chi connectivity index (χ3n) is 1.91. The zero-order chi connectivity index (χ0) is 9.52. The molecule has 0 atom stereocenters. The van der Waals surface area contributed by atoms with Crippen molar-refractivity contribution in [2.45, 2.75) is 13.3 Å². The molecular weight excluding hydrogens is 162 g/mol. The summed E-state index contributed by atoms with van der Waals surface area (Å²) in [6, 6.07) is 10.4. The standard InChI is InChI=1S/C11H17NO/c1-3-13-12(2)10-9-11-7-5-4-6-8-11/h4-8H,3,9-10H2,1-2H3. The Kier molecular flexibility index (Phi) is 4.50. The van der Waals surface area contributed by atoms with Crippen molar-refractivity contribution in [2.24, 2.45) is 0 Å². The van der Waals surface area contributed by atoms with E-state index < -0.39 is 0 Å². The highest BCUT2D eigenvalue weighted by molar-refractivity contribution is 5.14. The molecule has 0 saturated heterocycles. The van der Waals surface area contributed by atoms with Gasteiger partial charge in [-0.2, -0.15) is 5.06 Å². The van der Waals surface area contributed by atoms with Gasteiger partial charge in [-0.25, -0.2) is 0 Å². The van der Waals surface area contributed by atoms with Crippen molar-refractivity contribution in [3.05, 3.63) is 35.9 Å². The summed E-state index contributed by atoms with van der Waals surface area (Å²) in [6.45, 7) is 3.68. The third kappa shape index (κ3) is 4.06. The molecule has 0 N–H and O–H groups in total. The van der Waals surface area contributed by atoms with Crippen LogP contribution in [0.3, 0.4) is 0 Å². The van der Waals surface area contributed by atoms with Crippen molar-refractivity contribution in [2.75, 3.05) is 20.2 Å². The predicted octanol–water partition coefficient (Wildman–Crippen LogP) is 2.11. The van der Waals surface area contributed by atoms with E-state index in [1.54, 1.807) is 0 Å². The first-order chi connectivity index (χ1) is 6.33. The van der Waals surface area contributed by atoms with Crippen LogP contribution in [0.1, 0.15) is 12.5 Å². The maximum atomic E-state index is 5.30. The highest BCUT2D eigenvalue weighted by Crippen LogP contribution is 2.00. The molecular formula is C11H17NO. The number of nitrogens with zero attached hydrogens (tertiary/aromatic N) is 1. The van der Waals surface area contributed by atoms with E-state index in [2.05, 4.69) is 24.3 Å². The van der Waals surface area contributed by atoms with E-state index in [9.17, 15) is 0 Å². The maximum absolute atomic E-state index is 5.30. The lowest BCUT2D eigenvalue weighted by Crippen LogP contribution is -2.21. The van der Waals surface area contributed by atoms with Crippen LogP contribution >= 0.6 is 0 Å². The minimum Gasteiger partial charge on any atom is -0.300 e. The van der Waals surface area contributed by atoms with Crippen LogP contribution in [0.25, 0.3) is 0 Å². The molecule has 0 radical (unpaired) electrons. The predicted molar refractivity (Wildman–Crippen MR) is 54.4 cm³/mol. The molecule has 13 heavy (non-hydrogen) atoms. The Morgan fingerprint density at radius 3 is 2.54 bits per heavy atom. The molecule has 2 heteroatoms. The summed E-state index contributed by atoms with van der Waals surface area (Å²) < 4.78 is 0. The Bertz CT molecular complexity index is 223. The monoisotopic (exact) mass is 179 g/mol. The zero-order valence-corrected chi connectivity index (χ0v) is 8.36. The van der Waals surface area contributed by atoms with Gasteiger partial charge in [-0.3, -0.25) is 4.84 Å². The Balaban J connectivity index is 2.27. The number of likely N-dealkylation sites (N-methyl/N-ethyl adjacent to an activating group) is 1. The van der Waals surface area contributed by atoms with Gasteiger partial charge in [-0.05, 0) is 18.9 Å². The molecule has 0 bridgehead atoms. The summed E-state index contributed by atoms with van der Waals surface area (Å²) >= 11 is 0. The van der Waals surface area contributed by atoms with Crippen molar-refractivity contribution in [1.82, 2.24) is 5.06 Å². The largest absolute Gasteiger partial charge is 0.300 e. The fourth-order valence-electron chi connectivity index (χ4n) is 1.22. The van der Waals surface area contributed by atoms with Crippen LogP contribution in [0.2, 0.25) is 0 Å². The van der Waals surface area contributed by atoms with E-state index in [-0.39, 0.29) is 0 Å². The van der Waals surface area contributed by atoms with E-state index in [0.717, 1.165) is 19.6 Å². The van der Waals surface area contributed by atoms with Crippen LogP contribution in [0, 0.1) is 0 Å². The number of benzene rings is 1. The van der Waals surface area contributed by atoms with Crippen molar-refractivity contribution >= 4 is 0 Å². The molecule has 0 aromatic heterocycles. The smallest absolute Gasteiger partial charge is 0.0656 e. The molecule has 0 aliphatic heterocycles. The highest BCUT2D eigenvalue weighted by atomic mass is 16.7. The summed E-state index contributed by atoms with van der Waals surface area (Å²) in [6.07, 6.45) is 1.04. The van der Waals surface area contributed by atoms with Crippen LogP contribution < -0.4 is 0 Å². The molecule has 0 spiro atoms. The van der Waals surface area contributed by atoms with Gasteiger partial charge in [0.1, 0.15) is 0 Å². The van der Waals surface area contributed by atoms with Gasteiger partial charge in [0.25, 0.3) is 0 Å². The average molecular weight is 179 g/mol. The number of rotatable bonds is 5.